The minimum atomic E-state index is -3.58. The van der Waals surface area contributed by atoms with Crippen molar-refractivity contribution in [1.82, 2.24) is 24.8 Å². The van der Waals surface area contributed by atoms with Gasteiger partial charge in [0.2, 0.25) is 10.0 Å². The summed E-state index contributed by atoms with van der Waals surface area (Å²) in [7, 11) is -1.74. The van der Waals surface area contributed by atoms with Gasteiger partial charge in [0.1, 0.15) is 11.8 Å². The van der Waals surface area contributed by atoms with Gasteiger partial charge in [-0.1, -0.05) is 30.3 Å². The van der Waals surface area contributed by atoms with E-state index in [4.69, 9.17) is 0 Å². The lowest BCUT2D eigenvalue weighted by atomic mass is 9.98. The van der Waals surface area contributed by atoms with Crippen LogP contribution in [0.5, 0.6) is 0 Å². The molecule has 0 aliphatic carbocycles. The molecular weight excluding hydrogens is 388 g/mol. The molecule has 3 heterocycles. The zero-order valence-corrected chi connectivity index (χ0v) is 17.3. The van der Waals surface area contributed by atoms with Gasteiger partial charge >= 0.3 is 0 Å². The molecule has 1 N–H and O–H groups in total. The molecule has 0 spiro atoms. The van der Waals surface area contributed by atoms with Crippen molar-refractivity contribution in [3.05, 3.63) is 48.5 Å². The summed E-state index contributed by atoms with van der Waals surface area (Å²) >= 11 is 0. The quantitative estimate of drug-likeness (QED) is 0.633. The van der Waals surface area contributed by atoms with Gasteiger partial charge in [0.15, 0.2) is 11.5 Å². The second kappa shape index (κ2) is 8.46. The summed E-state index contributed by atoms with van der Waals surface area (Å²) in [6, 6.07) is 9.70. The van der Waals surface area contributed by atoms with E-state index >= 15 is 0 Å². The molecule has 8 nitrogen and oxygen atoms in total. The Bertz CT molecular complexity index is 1060. The molecule has 0 bridgehead atoms. The van der Waals surface area contributed by atoms with E-state index in [9.17, 15) is 8.42 Å². The first-order valence-electron chi connectivity index (χ1n) is 9.91. The maximum atomic E-state index is 13.5. The third-order valence-electron chi connectivity index (χ3n) is 5.44. The number of benzene rings is 1. The summed E-state index contributed by atoms with van der Waals surface area (Å²) in [6.07, 6.45) is 5.40. The average Bonchev–Trinajstić information content (AvgIpc) is 3.13. The first-order chi connectivity index (χ1) is 14.0. The Kier molecular flexibility index (Phi) is 5.77. The number of rotatable bonds is 7. The van der Waals surface area contributed by atoms with E-state index in [1.165, 1.54) is 10.6 Å². The zero-order chi connectivity index (χ0) is 20.3. The molecule has 3 aromatic rings. The summed E-state index contributed by atoms with van der Waals surface area (Å²) in [5.41, 5.74) is 2.15. The number of imidazole rings is 1. The Morgan fingerprint density at radius 3 is 2.66 bits per heavy atom. The standard InChI is InChI=1S/C20H26N6O2S/c1-25-15-24-19-18(25)20(23-14-22-19)26(13-17-7-10-21-11-8-17)29(27,28)12-9-16-5-3-2-4-6-16/h2-6,14-15,17,21H,7-13H2,1H3. The molecule has 29 heavy (non-hydrogen) atoms. The summed E-state index contributed by atoms with van der Waals surface area (Å²) < 4.78 is 30.2. The summed E-state index contributed by atoms with van der Waals surface area (Å²) in [6.45, 7) is 2.25. The van der Waals surface area contributed by atoms with Crippen molar-refractivity contribution in [3.8, 4) is 0 Å². The highest BCUT2D eigenvalue weighted by atomic mass is 32.2. The third kappa shape index (κ3) is 4.40. The van der Waals surface area contributed by atoms with Gasteiger partial charge in [0.05, 0.1) is 12.1 Å². The molecule has 4 rings (SSSR count). The van der Waals surface area contributed by atoms with E-state index in [0.29, 0.717) is 35.9 Å². The van der Waals surface area contributed by atoms with Gasteiger partial charge in [0, 0.05) is 13.6 Å². The number of sulfonamides is 1. The molecular formula is C20H26N6O2S. The fourth-order valence-corrected chi connectivity index (χ4v) is 5.33. The number of aryl methyl sites for hydroxylation is 2. The van der Waals surface area contributed by atoms with Crippen LogP contribution in [-0.2, 0) is 23.5 Å². The minimum absolute atomic E-state index is 0.0331. The SMILES string of the molecule is Cn1cnc2ncnc(N(CC3CCNCC3)S(=O)(=O)CCc3ccccc3)c21. The second-order valence-corrected chi connectivity index (χ2v) is 9.51. The predicted octanol–water partition coefficient (Wildman–Crippen LogP) is 1.74. The zero-order valence-electron chi connectivity index (χ0n) is 16.5. The highest BCUT2D eigenvalue weighted by Gasteiger charge is 2.30. The van der Waals surface area contributed by atoms with Crippen molar-refractivity contribution in [1.29, 1.82) is 0 Å². The van der Waals surface area contributed by atoms with Gasteiger partial charge in [0.25, 0.3) is 0 Å². The lowest BCUT2D eigenvalue weighted by Gasteiger charge is -2.30. The summed E-state index contributed by atoms with van der Waals surface area (Å²) in [5, 5.41) is 3.34. The Balaban J connectivity index is 1.68. The lowest BCUT2D eigenvalue weighted by Crippen LogP contribution is -2.41. The first-order valence-corrected chi connectivity index (χ1v) is 11.5. The number of aromatic nitrogens is 4. The van der Waals surface area contributed by atoms with Crippen LogP contribution >= 0.6 is 0 Å². The molecule has 0 radical (unpaired) electrons. The molecule has 1 fully saturated rings. The van der Waals surface area contributed by atoms with Crippen LogP contribution in [0, 0.1) is 5.92 Å². The number of fused-ring (bicyclic) bond motifs is 1. The molecule has 154 valence electrons. The Labute approximate surface area is 171 Å². The van der Waals surface area contributed by atoms with Crippen molar-refractivity contribution < 1.29 is 8.42 Å². The molecule has 9 heteroatoms. The van der Waals surface area contributed by atoms with Gasteiger partial charge in [-0.3, -0.25) is 4.31 Å². The van der Waals surface area contributed by atoms with Crippen molar-refractivity contribution in [3.63, 3.8) is 0 Å². The van der Waals surface area contributed by atoms with E-state index in [2.05, 4.69) is 20.3 Å². The van der Waals surface area contributed by atoms with Gasteiger partial charge < -0.3 is 9.88 Å². The number of hydrogen-bond acceptors (Lipinski definition) is 6. The van der Waals surface area contributed by atoms with Gasteiger partial charge in [-0.2, -0.15) is 0 Å². The van der Waals surface area contributed by atoms with E-state index in [-0.39, 0.29) is 5.75 Å². The normalized spacial score (nSPS) is 15.6. The minimum Gasteiger partial charge on any atom is -0.329 e. The maximum Gasteiger partial charge on any atom is 0.236 e. The maximum absolute atomic E-state index is 13.5. The molecule has 1 saturated heterocycles. The highest BCUT2D eigenvalue weighted by molar-refractivity contribution is 7.92. The highest BCUT2D eigenvalue weighted by Crippen LogP contribution is 2.27. The van der Waals surface area contributed by atoms with Crippen LogP contribution in [-0.4, -0.2) is 53.3 Å². The topological polar surface area (TPSA) is 93.0 Å². The van der Waals surface area contributed by atoms with Crippen LogP contribution in [0.2, 0.25) is 0 Å². The molecule has 2 aromatic heterocycles. The molecule has 0 unspecified atom stereocenters. The predicted molar refractivity (Wildman–Crippen MR) is 113 cm³/mol. The smallest absolute Gasteiger partial charge is 0.236 e. The van der Waals surface area contributed by atoms with Gasteiger partial charge in [-0.05, 0) is 43.8 Å². The molecule has 0 atom stereocenters. The van der Waals surface area contributed by atoms with Crippen LogP contribution < -0.4 is 9.62 Å². The second-order valence-electron chi connectivity index (χ2n) is 7.50. The third-order valence-corrected chi connectivity index (χ3v) is 7.15. The number of anilines is 1. The van der Waals surface area contributed by atoms with Crippen LogP contribution in [0.3, 0.4) is 0 Å². The van der Waals surface area contributed by atoms with Crippen LogP contribution in [0.25, 0.3) is 11.2 Å². The van der Waals surface area contributed by atoms with Gasteiger partial charge in [-0.25, -0.2) is 23.4 Å². The van der Waals surface area contributed by atoms with E-state index in [0.717, 1.165) is 31.5 Å². The van der Waals surface area contributed by atoms with Crippen molar-refractivity contribution in [2.75, 3.05) is 29.7 Å². The monoisotopic (exact) mass is 414 g/mol. The molecule has 1 aliphatic heterocycles. The number of nitrogens with one attached hydrogen (secondary N) is 1. The Morgan fingerprint density at radius 2 is 1.90 bits per heavy atom. The van der Waals surface area contributed by atoms with Crippen LogP contribution in [0.15, 0.2) is 43.0 Å². The van der Waals surface area contributed by atoms with Crippen molar-refractivity contribution in [2.45, 2.75) is 19.3 Å². The largest absolute Gasteiger partial charge is 0.329 e. The fourth-order valence-electron chi connectivity index (χ4n) is 3.78. The fraction of sp³-hybridized carbons (Fsp3) is 0.450. The molecule has 0 amide bonds. The Hall–Kier alpha value is -2.52. The lowest BCUT2D eigenvalue weighted by molar-refractivity contribution is 0.382. The summed E-state index contributed by atoms with van der Waals surface area (Å²) in [4.78, 5) is 12.8. The molecule has 1 aliphatic rings. The van der Waals surface area contributed by atoms with Crippen LogP contribution in [0.1, 0.15) is 18.4 Å². The van der Waals surface area contributed by atoms with Crippen molar-refractivity contribution in [2.24, 2.45) is 13.0 Å². The average molecular weight is 415 g/mol. The summed E-state index contributed by atoms with van der Waals surface area (Å²) in [5.74, 6) is 0.744. The Morgan fingerprint density at radius 1 is 1.14 bits per heavy atom. The van der Waals surface area contributed by atoms with Crippen molar-refractivity contribution >= 4 is 27.0 Å². The number of nitrogens with zero attached hydrogens (tertiary/aromatic N) is 5. The van der Waals surface area contributed by atoms with Gasteiger partial charge in [-0.15, -0.1) is 0 Å². The molecule has 1 aromatic carbocycles. The number of hydrogen-bond donors (Lipinski definition) is 1. The van der Waals surface area contributed by atoms with Crippen LogP contribution in [0.4, 0.5) is 5.82 Å². The number of piperidine rings is 1. The molecule has 0 saturated carbocycles. The first kappa shape index (κ1) is 19.8. The van der Waals surface area contributed by atoms with E-state index < -0.39 is 10.0 Å². The van der Waals surface area contributed by atoms with E-state index in [1.54, 1.807) is 10.9 Å². The van der Waals surface area contributed by atoms with E-state index in [1.807, 2.05) is 37.4 Å².